The van der Waals surface area contributed by atoms with Gasteiger partial charge in [0.25, 0.3) is 0 Å². The molecule has 2 aromatic carbocycles. The number of aliphatic carboxylic acids is 2. The molecule has 6 heteroatoms. The average Bonchev–Trinajstić information content (AvgIpc) is 2.73. The zero-order valence-corrected chi connectivity index (χ0v) is 18.6. The van der Waals surface area contributed by atoms with Crippen LogP contribution < -0.4 is 5.32 Å². The van der Waals surface area contributed by atoms with Crippen molar-refractivity contribution >= 4 is 11.9 Å². The smallest absolute Gasteiger partial charge is 0.321 e. The van der Waals surface area contributed by atoms with Gasteiger partial charge in [0.15, 0.2) is 5.41 Å². The van der Waals surface area contributed by atoms with Gasteiger partial charge in [0.05, 0.1) is 0 Å². The fraction of sp³-hybridized carbons (Fsp3) is 0.462. The number of unbranched alkanes of at least 4 members (excludes halogenated alkanes) is 4. The largest absolute Gasteiger partial charge is 0.480 e. The maximum atomic E-state index is 14.7. The molecule has 0 saturated heterocycles. The molecule has 0 aromatic heterocycles. The molecule has 3 rings (SSSR count). The zero-order valence-electron chi connectivity index (χ0n) is 18.6. The average molecular weight is 442 g/mol. The third kappa shape index (κ3) is 5.54. The SMILES string of the molecule is CCCCCCCc1ccc(-c2ccc(CNC3CC(C(=O)O)(C(=O)O)C3)cc2F)cc1. The summed E-state index contributed by atoms with van der Waals surface area (Å²) >= 11 is 0. The summed E-state index contributed by atoms with van der Waals surface area (Å²) in [5.41, 5.74) is 1.68. The summed E-state index contributed by atoms with van der Waals surface area (Å²) < 4.78 is 14.7. The molecule has 2 aromatic rings. The van der Waals surface area contributed by atoms with Crippen LogP contribution in [-0.4, -0.2) is 28.2 Å². The second-order valence-electron chi connectivity index (χ2n) is 8.85. The molecule has 0 radical (unpaired) electrons. The second-order valence-corrected chi connectivity index (χ2v) is 8.85. The molecule has 0 unspecified atom stereocenters. The fourth-order valence-corrected chi connectivity index (χ4v) is 4.32. The number of rotatable bonds is 12. The lowest BCUT2D eigenvalue weighted by atomic mass is 9.65. The maximum absolute atomic E-state index is 14.7. The Morgan fingerprint density at radius 1 is 0.969 bits per heavy atom. The predicted molar refractivity (Wildman–Crippen MR) is 122 cm³/mol. The summed E-state index contributed by atoms with van der Waals surface area (Å²) in [5, 5.41) is 21.5. The van der Waals surface area contributed by atoms with Crippen molar-refractivity contribution in [1.82, 2.24) is 5.32 Å². The van der Waals surface area contributed by atoms with Gasteiger partial charge in [0, 0.05) is 18.2 Å². The highest BCUT2D eigenvalue weighted by Gasteiger charge is 2.56. The molecule has 0 spiro atoms. The van der Waals surface area contributed by atoms with Crippen LogP contribution in [0, 0.1) is 11.2 Å². The molecular weight excluding hydrogens is 409 g/mol. The summed E-state index contributed by atoms with van der Waals surface area (Å²) in [6.45, 7) is 2.57. The first-order chi connectivity index (χ1) is 15.4. The third-order valence-electron chi connectivity index (χ3n) is 6.47. The molecule has 0 aliphatic heterocycles. The van der Waals surface area contributed by atoms with E-state index in [2.05, 4.69) is 24.4 Å². The van der Waals surface area contributed by atoms with Crippen molar-refractivity contribution < 1.29 is 24.2 Å². The van der Waals surface area contributed by atoms with E-state index in [0.717, 1.165) is 17.5 Å². The van der Waals surface area contributed by atoms with Crippen LogP contribution in [0.5, 0.6) is 0 Å². The highest BCUT2D eigenvalue weighted by Crippen LogP contribution is 2.42. The number of nitrogens with one attached hydrogen (secondary N) is 1. The van der Waals surface area contributed by atoms with Crippen LogP contribution in [0.25, 0.3) is 11.1 Å². The molecule has 0 amide bonds. The fourth-order valence-electron chi connectivity index (χ4n) is 4.32. The molecule has 32 heavy (non-hydrogen) atoms. The van der Waals surface area contributed by atoms with Gasteiger partial charge in [-0.15, -0.1) is 0 Å². The summed E-state index contributed by atoms with van der Waals surface area (Å²) in [4.78, 5) is 22.5. The van der Waals surface area contributed by atoms with Crippen LogP contribution in [0.3, 0.4) is 0 Å². The van der Waals surface area contributed by atoms with Crippen molar-refractivity contribution in [1.29, 1.82) is 0 Å². The predicted octanol–water partition coefficient (Wildman–Crippen LogP) is 5.41. The number of aryl methyl sites for hydroxylation is 1. The molecule has 0 bridgehead atoms. The molecule has 1 aliphatic rings. The van der Waals surface area contributed by atoms with Crippen molar-refractivity contribution in [2.45, 2.75) is 70.9 Å². The van der Waals surface area contributed by atoms with E-state index < -0.39 is 17.4 Å². The molecule has 5 nitrogen and oxygen atoms in total. The van der Waals surface area contributed by atoms with Crippen LogP contribution in [0.1, 0.15) is 63.0 Å². The quantitative estimate of drug-likeness (QED) is 0.303. The van der Waals surface area contributed by atoms with E-state index in [4.69, 9.17) is 10.2 Å². The first kappa shape index (κ1) is 23.9. The molecule has 0 heterocycles. The topological polar surface area (TPSA) is 86.6 Å². The van der Waals surface area contributed by atoms with Crippen molar-refractivity contribution in [2.75, 3.05) is 0 Å². The van der Waals surface area contributed by atoms with E-state index in [9.17, 15) is 14.0 Å². The van der Waals surface area contributed by atoms with Crippen LogP contribution in [0.15, 0.2) is 42.5 Å². The number of carbonyl (C=O) groups is 2. The van der Waals surface area contributed by atoms with E-state index in [1.54, 1.807) is 6.07 Å². The maximum Gasteiger partial charge on any atom is 0.321 e. The number of hydrogen-bond acceptors (Lipinski definition) is 3. The minimum Gasteiger partial charge on any atom is -0.480 e. The first-order valence-electron chi connectivity index (χ1n) is 11.4. The lowest BCUT2D eigenvalue weighted by Gasteiger charge is -2.41. The summed E-state index contributed by atoms with van der Waals surface area (Å²) in [6, 6.07) is 12.9. The van der Waals surface area contributed by atoms with Gasteiger partial charge in [0.1, 0.15) is 5.82 Å². The van der Waals surface area contributed by atoms with Gasteiger partial charge in [-0.05, 0) is 48.4 Å². The molecule has 3 N–H and O–H groups in total. The van der Waals surface area contributed by atoms with Gasteiger partial charge in [-0.3, -0.25) is 9.59 Å². The summed E-state index contributed by atoms with van der Waals surface area (Å²) in [7, 11) is 0. The minimum atomic E-state index is -1.70. The normalized spacial score (nSPS) is 15.3. The van der Waals surface area contributed by atoms with Crippen LogP contribution in [-0.2, 0) is 22.6 Å². The minimum absolute atomic E-state index is 0.0309. The van der Waals surface area contributed by atoms with E-state index >= 15 is 0 Å². The van der Waals surface area contributed by atoms with Gasteiger partial charge >= 0.3 is 11.9 Å². The number of hydrogen-bond donors (Lipinski definition) is 3. The van der Waals surface area contributed by atoms with Crippen LogP contribution in [0.2, 0.25) is 0 Å². The first-order valence-corrected chi connectivity index (χ1v) is 11.4. The highest BCUT2D eigenvalue weighted by molar-refractivity contribution is 5.99. The van der Waals surface area contributed by atoms with E-state index in [-0.39, 0.29) is 24.7 Å². The Hall–Kier alpha value is -2.73. The van der Waals surface area contributed by atoms with Gasteiger partial charge in [-0.2, -0.15) is 0 Å². The standard InChI is InChI=1S/C26H32FNO4/c1-2-3-4-5-6-7-18-8-11-20(12-9-18)22-13-10-19(14-23(22)27)17-28-21-15-26(16-21,24(29)30)25(31)32/h8-14,21,28H,2-7,15-17H2,1H3,(H,29,30)(H,31,32). The Balaban J connectivity index is 1.52. The Kier molecular flexibility index (Phi) is 8.02. The lowest BCUT2D eigenvalue weighted by Crippen LogP contribution is -2.56. The van der Waals surface area contributed by atoms with E-state index in [1.807, 2.05) is 18.2 Å². The van der Waals surface area contributed by atoms with Crippen molar-refractivity contribution in [2.24, 2.45) is 5.41 Å². The molecule has 1 aliphatic carbocycles. The Morgan fingerprint density at radius 3 is 2.19 bits per heavy atom. The molecule has 1 saturated carbocycles. The Morgan fingerprint density at radius 2 is 1.59 bits per heavy atom. The molecular formula is C26H32FNO4. The van der Waals surface area contributed by atoms with Crippen LogP contribution in [0.4, 0.5) is 4.39 Å². The van der Waals surface area contributed by atoms with Crippen molar-refractivity contribution in [3.05, 3.63) is 59.4 Å². The lowest BCUT2D eigenvalue weighted by molar-refractivity contribution is -0.173. The zero-order chi connectivity index (χ0) is 23.1. The molecule has 1 fully saturated rings. The highest BCUT2D eigenvalue weighted by atomic mass is 19.1. The van der Waals surface area contributed by atoms with Crippen molar-refractivity contribution in [3.63, 3.8) is 0 Å². The summed E-state index contributed by atoms with van der Waals surface area (Å²) in [5.74, 6) is -2.92. The number of halogens is 1. The third-order valence-corrected chi connectivity index (χ3v) is 6.47. The molecule has 172 valence electrons. The van der Waals surface area contributed by atoms with E-state index in [0.29, 0.717) is 12.1 Å². The number of carboxylic acid groups (broad SMARTS) is 2. The Bertz CT molecular complexity index is 919. The second kappa shape index (κ2) is 10.7. The monoisotopic (exact) mass is 441 g/mol. The van der Waals surface area contributed by atoms with Crippen molar-refractivity contribution in [3.8, 4) is 11.1 Å². The molecule has 0 atom stereocenters. The van der Waals surface area contributed by atoms with E-state index in [1.165, 1.54) is 43.7 Å². The van der Waals surface area contributed by atoms with Crippen LogP contribution >= 0.6 is 0 Å². The Labute approximate surface area is 188 Å². The van der Waals surface area contributed by atoms with Gasteiger partial charge < -0.3 is 15.5 Å². The number of carboxylic acids is 2. The van der Waals surface area contributed by atoms with Gasteiger partial charge in [-0.1, -0.05) is 69.0 Å². The number of benzene rings is 2. The van der Waals surface area contributed by atoms with Gasteiger partial charge in [0.2, 0.25) is 0 Å². The van der Waals surface area contributed by atoms with Gasteiger partial charge in [-0.25, -0.2) is 4.39 Å². The summed E-state index contributed by atoms with van der Waals surface area (Å²) in [6.07, 6.45) is 7.34.